The molecule has 0 radical (unpaired) electrons. The summed E-state index contributed by atoms with van der Waals surface area (Å²) in [6, 6.07) is 0. The van der Waals surface area contributed by atoms with Crippen LogP contribution >= 0.6 is 0 Å². The summed E-state index contributed by atoms with van der Waals surface area (Å²) in [6.45, 7) is 6.69. The van der Waals surface area contributed by atoms with Gasteiger partial charge in [0, 0.05) is 11.1 Å². The first kappa shape index (κ1) is 12.5. The van der Waals surface area contributed by atoms with Crippen molar-refractivity contribution in [2.45, 2.75) is 20.8 Å². The average Bonchev–Trinajstić information content (AvgIpc) is 2.90. The zero-order valence-electron chi connectivity index (χ0n) is 11.7. The Hall–Kier alpha value is -2.50. The fraction of sp³-hybridized carbons (Fsp3) is 0.286. The number of imidazole rings is 1. The molecule has 0 fully saturated rings. The molecule has 6 nitrogen and oxygen atoms in total. The molecule has 0 saturated carbocycles. The molecule has 6 heteroatoms. The fourth-order valence-corrected chi connectivity index (χ4v) is 2.32. The molecule has 0 aromatic carbocycles. The highest BCUT2D eigenvalue weighted by Gasteiger charge is 2.18. The van der Waals surface area contributed by atoms with E-state index in [1.807, 2.05) is 37.7 Å². The number of rotatable bonds is 3. The van der Waals surface area contributed by atoms with Gasteiger partial charge in [0.25, 0.3) is 0 Å². The number of H-pyrrole nitrogens is 1. The van der Waals surface area contributed by atoms with Crippen molar-refractivity contribution >= 4 is 11.2 Å². The molecule has 3 rings (SSSR count). The molecule has 0 aliphatic heterocycles. The Morgan fingerprint density at radius 1 is 1.15 bits per heavy atom. The first-order valence-corrected chi connectivity index (χ1v) is 6.50. The number of aromatic nitrogens is 5. The van der Waals surface area contributed by atoms with Crippen LogP contribution in [0.4, 0.5) is 0 Å². The Labute approximate surface area is 116 Å². The SMILES string of the molecule is CCOc1c(C)c[n+](-c2ncnc3[nH]cnc23)cc1C. The van der Waals surface area contributed by atoms with Gasteiger partial charge in [0.05, 0.1) is 12.9 Å². The van der Waals surface area contributed by atoms with Gasteiger partial charge in [-0.2, -0.15) is 4.98 Å². The highest BCUT2D eigenvalue weighted by atomic mass is 16.5. The largest absolute Gasteiger partial charge is 0.493 e. The predicted octanol–water partition coefficient (Wildman–Crippen LogP) is 1.65. The first-order valence-electron chi connectivity index (χ1n) is 6.50. The van der Waals surface area contributed by atoms with Crippen LogP contribution in [0.5, 0.6) is 5.75 Å². The third-order valence-corrected chi connectivity index (χ3v) is 3.11. The standard InChI is InChI=1S/C14H16N5O/c1-4-20-12-9(2)5-19(6-10(12)3)14-11-13(16-7-15-11)17-8-18-14/h5-8H,4H2,1-3H3,(H,15,16,17,18)/q+1. The molecule has 0 atom stereocenters. The number of hydrogen-bond donors (Lipinski definition) is 1. The molecule has 102 valence electrons. The van der Waals surface area contributed by atoms with Gasteiger partial charge in [0.1, 0.15) is 18.1 Å². The van der Waals surface area contributed by atoms with Crippen molar-refractivity contribution in [2.24, 2.45) is 0 Å². The van der Waals surface area contributed by atoms with Crippen LogP contribution in [0, 0.1) is 13.8 Å². The lowest BCUT2D eigenvalue weighted by molar-refractivity contribution is -0.599. The molecule has 0 amide bonds. The molecule has 0 saturated heterocycles. The molecule has 0 spiro atoms. The minimum absolute atomic E-state index is 0.656. The van der Waals surface area contributed by atoms with Gasteiger partial charge in [-0.05, 0) is 25.8 Å². The van der Waals surface area contributed by atoms with Crippen molar-refractivity contribution in [1.82, 2.24) is 19.9 Å². The lowest BCUT2D eigenvalue weighted by Gasteiger charge is -2.10. The van der Waals surface area contributed by atoms with Crippen LogP contribution < -0.4 is 9.30 Å². The van der Waals surface area contributed by atoms with Crippen LogP contribution in [0.15, 0.2) is 25.0 Å². The Morgan fingerprint density at radius 3 is 2.60 bits per heavy atom. The lowest BCUT2D eigenvalue weighted by atomic mass is 10.2. The minimum Gasteiger partial charge on any atom is -0.493 e. The molecular formula is C14H16N5O+. The van der Waals surface area contributed by atoms with Crippen LogP contribution in [0.2, 0.25) is 0 Å². The highest BCUT2D eigenvalue weighted by Crippen LogP contribution is 2.21. The topological polar surface area (TPSA) is 67.6 Å². The summed E-state index contributed by atoms with van der Waals surface area (Å²) in [5.41, 5.74) is 3.61. The summed E-state index contributed by atoms with van der Waals surface area (Å²) in [5.74, 6) is 1.68. The van der Waals surface area contributed by atoms with Gasteiger partial charge in [-0.25, -0.2) is 9.55 Å². The molecule has 1 N–H and O–H groups in total. The number of ether oxygens (including phenoxy) is 1. The summed E-state index contributed by atoms with van der Waals surface area (Å²) >= 11 is 0. The Balaban J connectivity index is 2.18. The van der Waals surface area contributed by atoms with E-state index in [0.29, 0.717) is 6.61 Å². The molecule has 0 aliphatic rings. The maximum absolute atomic E-state index is 5.66. The van der Waals surface area contributed by atoms with E-state index in [0.717, 1.165) is 33.9 Å². The van der Waals surface area contributed by atoms with E-state index in [9.17, 15) is 0 Å². The van der Waals surface area contributed by atoms with E-state index < -0.39 is 0 Å². The van der Waals surface area contributed by atoms with Crippen molar-refractivity contribution in [2.75, 3.05) is 6.61 Å². The Bertz CT molecular complexity index is 742. The number of fused-ring (bicyclic) bond motifs is 1. The first-order chi connectivity index (χ1) is 9.70. The Kier molecular flexibility index (Phi) is 3.06. The molecule has 3 aromatic rings. The predicted molar refractivity (Wildman–Crippen MR) is 73.9 cm³/mol. The van der Waals surface area contributed by atoms with E-state index in [-0.39, 0.29) is 0 Å². The van der Waals surface area contributed by atoms with Crippen LogP contribution in [0.3, 0.4) is 0 Å². The van der Waals surface area contributed by atoms with E-state index in [2.05, 4.69) is 19.9 Å². The zero-order valence-corrected chi connectivity index (χ0v) is 11.7. The van der Waals surface area contributed by atoms with Crippen molar-refractivity contribution in [1.29, 1.82) is 0 Å². The van der Waals surface area contributed by atoms with E-state index in [4.69, 9.17) is 4.74 Å². The Morgan fingerprint density at radius 2 is 1.90 bits per heavy atom. The average molecular weight is 270 g/mol. The number of nitrogens with zero attached hydrogens (tertiary/aromatic N) is 4. The molecule has 3 heterocycles. The second-order valence-corrected chi connectivity index (χ2v) is 4.59. The zero-order chi connectivity index (χ0) is 14.1. The summed E-state index contributed by atoms with van der Waals surface area (Å²) < 4.78 is 7.62. The van der Waals surface area contributed by atoms with Crippen LogP contribution in [0.25, 0.3) is 17.0 Å². The third-order valence-electron chi connectivity index (χ3n) is 3.11. The van der Waals surface area contributed by atoms with Crippen molar-refractivity contribution < 1.29 is 9.30 Å². The maximum Gasteiger partial charge on any atom is 0.359 e. The lowest BCUT2D eigenvalue weighted by Crippen LogP contribution is -2.33. The highest BCUT2D eigenvalue weighted by molar-refractivity contribution is 5.75. The molecule has 0 unspecified atom stereocenters. The van der Waals surface area contributed by atoms with Crippen LogP contribution in [-0.2, 0) is 0 Å². The van der Waals surface area contributed by atoms with Gasteiger partial charge in [-0.3, -0.25) is 0 Å². The number of aromatic amines is 1. The molecule has 0 bridgehead atoms. The van der Waals surface area contributed by atoms with Gasteiger partial charge >= 0.3 is 5.82 Å². The number of hydrogen-bond acceptors (Lipinski definition) is 4. The van der Waals surface area contributed by atoms with E-state index in [1.54, 1.807) is 6.33 Å². The quantitative estimate of drug-likeness (QED) is 0.735. The van der Waals surface area contributed by atoms with Crippen LogP contribution in [0.1, 0.15) is 18.1 Å². The van der Waals surface area contributed by atoms with E-state index >= 15 is 0 Å². The van der Waals surface area contributed by atoms with Gasteiger partial charge in [0.2, 0.25) is 11.8 Å². The third kappa shape index (κ3) is 1.99. The van der Waals surface area contributed by atoms with Gasteiger partial charge in [-0.1, -0.05) is 0 Å². The normalized spacial score (nSPS) is 10.9. The monoisotopic (exact) mass is 270 g/mol. The number of nitrogens with one attached hydrogen (secondary N) is 1. The summed E-state index contributed by atoms with van der Waals surface area (Å²) in [5, 5.41) is 0. The number of pyridine rings is 1. The molecule has 20 heavy (non-hydrogen) atoms. The summed E-state index contributed by atoms with van der Waals surface area (Å²) in [7, 11) is 0. The summed E-state index contributed by atoms with van der Waals surface area (Å²) in [6.07, 6.45) is 7.14. The number of aryl methyl sites for hydroxylation is 2. The van der Waals surface area contributed by atoms with Gasteiger partial charge in [0.15, 0.2) is 5.65 Å². The van der Waals surface area contributed by atoms with Crippen molar-refractivity contribution in [3.05, 3.63) is 36.2 Å². The van der Waals surface area contributed by atoms with Crippen molar-refractivity contribution in [3.63, 3.8) is 0 Å². The smallest absolute Gasteiger partial charge is 0.359 e. The summed E-state index contributed by atoms with van der Waals surface area (Å²) in [4.78, 5) is 15.8. The molecular weight excluding hydrogens is 254 g/mol. The van der Waals surface area contributed by atoms with Gasteiger partial charge in [-0.15, -0.1) is 0 Å². The maximum atomic E-state index is 5.66. The minimum atomic E-state index is 0.656. The van der Waals surface area contributed by atoms with Crippen molar-refractivity contribution in [3.8, 4) is 11.6 Å². The van der Waals surface area contributed by atoms with E-state index in [1.165, 1.54) is 6.33 Å². The van der Waals surface area contributed by atoms with Gasteiger partial charge < -0.3 is 9.72 Å². The second-order valence-electron chi connectivity index (χ2n) is 4.59. The second kappa shape index (κ2) is 4.88. The van der Waals surface area contributed by atoms with Crippen LogP contribution in [-0.4, -0.2) is 26.5 Å². The fourth-order valence-electron chi connectivity index (χ4n) is 2.32. The molecule has 0 aliphatic carbocycles. The molecule has 3 aromatic heterocycles.